The Kier molecular flexibility index (Phi) is 4.44. The molecule has 18 heavy (non-hydrogen) atoms. The lowest BCUT2D eigenvalue weighted by Gasteiger charge is -2.34. The van der Waals surface area contributed by atoms with Crippen LogP contribution in [-0.2, 0) is 6.54 Å². The van der Waals surface area contributed by atoms with E-state index in [1.807, 2.05) is 6.07 Å². The van der Waals surface area contributed by atoms with Crippen molar-refractivity contribution in [3.05, 3.63) is 23.8 Å². The molecule has 1 aliphatic rings. The summed E-state index contributed by atoms with van der Waals surface area (Å²) in [6.07, 6.45) is 0. The average molecular weight is 250 g/mol. The summed E-state index contributed by atoms with van der Waals surface area (Å²) in [6, 6.07) is 5.41. The van der Waals surface area contributed by atoms with Crippen LogP contribution in [0.25, 0.3) is 0 Å². The van der Waals surface area contributed by atoms with E-state index in [2.05, 4.69) is 16.7 Å². The van der Waals surface area contributed by atoms with Crippen LogP contribution < -0.4 is 4.74 Å². The van der Waals surface area contributed by atoms with E-state index in [0.29, 0.717) is 5.75 Å². The van der Waals surface area contributed by atoms with Crippen molar-refractivity contribution in [1.82, 2.24) is 9.80 Å². The Morgan fingerprint density at radius 1 is 1.17 bits per heavy atom. The third kappa shape index (κ3) is 3.15. The minimum atomic E-state index is 0.355. The molecule has 2 rings (SSSR count). The first kappa shape index (κ1) is 13.2. The van der Waals surface area contributed by atoms with Gasteiger partial charge in [-0.05, 0) is 24.7 Å². The van der Waals surface area contributed by atoms with Gasteiger partial charge in [-0.3, -0.25) is 4.90 Å². The summed E-state index contributed by atoms with van der Waals surface area (Å²) in [4.78, 5) is 4.82. The molecule has 1 heterocycles. The SMILES string of the molecule is CCN1CCN(Cc2cc(OC)ccc2O)CC1. The van der Waals surface area contributed by atoms with Gasteiger partial charge in [0.05, 0.1) is 7.11 Å². The minimum absolute atomic E-state index is 0.355. The highest BCUT2D eigenvalue weighted by Gasteiger charge is 2.16. The van der Waals surface area contributed by atoms with Crippen LogP contribution in [-0.4, -0.2) is 54.7 Å². The molecule has 4 nitrogen and oxygen atoms in total. The monoisotopic (exact) mass is 250 g/mol. The number of methoxy groups -OCH3 is 1. The number of piperazine rings is 1. The minimum Gasteiger partial charge on any atom is -0.508 e. The summed E-state index contributed by atoms with van der Waals surface area (Å²) >= 11 is 0. The maximum atomic E-state index is 9.87. The van der Waals surface area contributed by atoms with Crippen molar-refractivity contribution in [3.8, 4) is 11.5 Å². The number of phenols is 1. The fourth-order valence-corrected chi connectivity index (χ4v) is 2.32. The smallest absolute Gasteiger partial charge is 0.120 e. The van der Waals surface area contributed by atoms with E-state index >= 15 is 0 Å². The van der Waals surface area contributed by atoms with Gasteiger partial charge in [0.2, 0.25) is 0 Å². The maximum absolute atomic E-state index is 9.87. The first-order valence-corrected chi connectivity index (χ1v) is 6.53. The van der Waals surface area contributed by atoms with Crippen molar-refractivity contribution in [2.75, 3.05) is 39.8 Å². The standard InChI is InChI=1S/C14H22N2O2/c1-3-15-6-8-16(9-7-15)11-12-10-13(18-2)4-5-14(12)17/h4-5,10,17H,3,6-9,11H2,1-2H3. The lowest BCUT2D eigenvalue weighted by molar-refractivity contribution is 0.131. The number of rotatable bonds is 4. The zero-order valence-corrected chi connectivity index (χ0v) is 11.2. The molecule has 0 saturated carbocycles. The first-order chi connectivity index (χ1) is 8.72. The number of phenolic OH excluding ortho intramolecular Hbond substituents is 1. The van der Waals surface area contributed by atoms with Crippen LogP contribution in [0.2, 0.25) is 0 Å². The fourth-order valence-electron chi connectivity index (χ4n) is 2.32. The van der Waals surface area contributed by atoms with E-state index in [1.54, 1.807) is 19.2 Å². The van der Waals surface area contributed by atoms with E-state index in [1.165, 1.54) is 0 Å². The third-order valence-corrected chi connectivity index (χ3v) is 3.59. The van der Waals surface area contributed by atoms with Crippen LogP contribution in [0.4, 0.5) is 0 Å². The van der Waals surface area contributed by atoms with Crippen LogP contribution in [0.1, 0.15) is 12.5 Å². The van der Waals surface area contributed by atoms with Gasteiger partial charge in [-0.2, -0.15) is 0 Å². The molecule has 1 saturated heterocycles. The molecular weight excluding hydrogens is 228 g/mol. The Hall–Kier alpha value is -1.26. The van der Waals surface area contributed by atoms with E-state index in [4.69, 9.17) is 4.74 Å². The largest absolute Gasteiger partial charge is 0.508 e. The molecule has 0 aromatic heterocycles. The predicted octanol–water partition coefficient (Wildman–Crippen LogP) is 1.54. The normalized spacial score (nSPS) is 17.9. The fraction of sp³-hybridized carbons (Fsp3) is 0.571. The summed E-state index contributed by atoms with van der Waals surface area (Å²) in [5.74, 6) is 1.16. The number of hydrogen-bond donors (Lipinski definition) is 1. The summed E-state index contributed by atoms with van der Waals surface area (Å²) in [7, 11) is 1.65. The second-order valence-electron chi connectivity index (χ2n) is 4.71. The molecule has 0 unspecified atom stereocenters. The van der Waals surface area contributed by atoms with Crippen molar-refractivity contribution >= 4 is 0 Å². The second-order valence-corrected chi connectivity index (χ2v) is 4.71. The van der Waals surface area contributed by atoms with Crippen LogP contribution in [0, 0.1) is 0 Å². The highest BCUT2D eigenvalue weighted by Crippen LogP contribution is 2.24. The van der Waals surface area contributed by atoms with Gasteiger partial charge in [0.1, 0.15) is 11.5 Å². The van der Waals surface area contributed by atoms with Gasteiger partial charge in [0.15, 0.2) is 0 Å². The van der Waals surface area contributed by atoms with Gasteiger partial charge in [0.25, 0.3) is 0 Å². The molecule has 4 heteroatoms. The Morgan fingerprint density at radius 2 is 1.83 bits per heavy atom. The maximum Gasteiger partial charge on any atom is 0.120 e. The van der Waals surface area contributed by atoms with Crippen LogP contribution >= 0.6 is 0 Å². The average Bonchev–Trinajstić information content (AvgIpc) is 2.42. The van der Waals surface area contributed by atoms with Gasteiger partial charge < -0.3 is 14.7 Å². The third-order valence-electron chi connectivity index (χ3n) is 3.59. The van der Waals surface area contributed by atoms with E-state index in [0.717, 1.165) is 50.6 Å². The number of nitrogens with zero attached hydrogens (tertiary/aromatic N) is 2. The second kappa shape index (κ2) is 6.07. The highest BCUT2D eigenvalue weighted by atomic mass is 16.5. The molecule has 0 amide bonds. The van der Waals surface area contributed by atoms with Crippen LogP contribution in [0.5, 0.6) is 11.5 Å². The molecule has 1 fully saturated rings. The number of ether oxygens (including phenoxy) is 1. The summed E-state index contributed by atoms with van der Waals surface area (Å²) in [5, 5.41) is 9.87. The predicted molar refractivity (Wildman–Crippen MR) is 72.0 cm³/mol. The molecule has 1 aliphatic heterocycles. The van der Waals surface area contributed by atoms with Crippen LogP contribution in [0.15, 0.2) is 18.2 Å². The van der Waals surface area contributed by atoms with Crippen molar-refractivity contribution in [2.45, 2.75) is 13.5 Å². The van der Waals surface area contributed by atoms with Gasteiger partial charge >= 0.3 is 0 Å². The molecule has 1 aromatic carbocycles. The topological polar surface area (TPSA) is 35.9 Å². The molecule has 0 aliphatic carbocycles. The molecule has 100 valence electrons. The molecule has 0 radical (unpaired) electrons. The Labute approximate surface area is 109 Å². The molecule has 0 spiro atoms. The van der Waals surface area contributed by atoms with Gasteiger partial charge in [-0.15, -0.1) is 0 Å². The zero-order valence-electron chi connectivity index (χ0n) is 11.2. The molecule has 0 bridgehead atoms. The highest BCUT2D eigenvalue weighted by molar-refractivity contribution is 5.39. The quantitative estimate of drug-likeness (QED) is 0.879. The lowest BCUT2D eigenvalue weighted by atomic mass is 10.1. The Bertz CT molecular complexity index is 387. The van der Waals surface area contributed by atoms with Gasteiger partial charge in [0, 0.05) is 38.3 Å². The van der Waals surface area contributed by atoms with E-state index in [-0.39, 0.29) is 0 Å². The number of likely N-dealkylation sites (N-methyl/N-ethyl adjacent to an activating group) is 1. The lowest BCUT2D eigenvalue weighted by Crippen LogP contribution is -2.45. The number of aromatic hydroxyl groups is 1. The number of hydrogen-bond acceptors (Lipinski definition) is 4. The Balaban J connectivity index is 1.97. The molecule has 0 atom stereocenters. The van der Waals surface area contributed by atoms with E-state index < -0.39 is 0 Å². The summed E-state index contributed by atoms with van der Waals surface area (Å²) in [6.45, 7) is 8.46. The van der Waals surface area contributed by atoms with E-state index in [9.17, 15) is 5.11 Å². The van der Waals surface area contributed by atoms with Crippen molar-refractivity contribution in [1.29, 1.82) is 0 Å². The molecular formula is C14H22N2O2. The Morgan fingerprint density at radius 3 is 2.44 bits per heavy atom. The van der Waals surface area contributed by atoms with Gasteiger partial charge in [-0.25, -0.2) is 0 Å². The first-order valence-electron chi connectivity index (χ1n) is 6.53. The zero-order chi connectivity index (χ0) is 13.0. The van der Waals surface area contributed by atoms with Crippen LogP contribution in [0.3, 0.4) is 0 Å². The summed E-state index contributed by atoms with van der Waals surface area (Å²) < 4.78 is 5.20. The molecule has 1 N–H and O–H groups in total. The summed E-state index contributed by atoms with van der Waals surface area (Å²) in [5.41, 5.74) is 0.944. The van der Waals surface area contributed by atoms with Gasteiger partial charge in [-0.1, -0.05) is 6.92 Å². The van der Waals surface area contributed by atoms with Crippen molar-refractivity contribution < 1.29 is 9.84 Å². The number of benzene rings is 1. The molecule has 1 aromatic rings. The van der Waals surface area contributed by atoms with Crippen molar-refractivity contribution in [2.24, 2.45) is 0 Å². The van der Waals surface area contributed by atoms with Crippen molar-refractivity contribution in [3.63, 3.8) is 0 Å².